The maximum absolute atomic E-state index is 15.2. The van der Waals surface area contributed by atoms with Gasteiger partial charge in [-0.05, 0) is 35.6 Å². The summed E-state index contributed by atoms with van der Waals surface area (Å²) < 4.78 is 75.9. The molecule has 6 nitrogen and oxygen atoms in total. The van der Waals surface area contributed by atoms with Crippen molar-refractivity contribution in [2.24, 2.45) is 5.41 Å². The summed E-state index contributed by atoms with van der Waals surface area (Å²) >= 11 is 5.89. The number of hydrogen-bond acceptors (Lipinski definition) is 4. The third-order valence-corrected chi connectivity index (χ3v) is 6.19. The van der Waals surface area contributed by atoms with Gasteiger partial charge in [0.25, 0.3) is 0 Å². The fourth-order valence-electron chi connectivity index (χ4n) is 4.54. The van der Waals surface area contributed by atoms with Crippen LogP contribution in [0, 0.1) is 34.2 Å². The van der Waals surface area contributed by atoms with E-state index in [1.165, 1.54) is 24.3 Å². The van der Waals surface area contributed by atoms with Crippen molar-refractivity contribution >= 4 is 23.5 Å². The first-order chi connectivity index (χ1) is 17.4. The van der Waals surface area contributed by atoms with Gasteiger partial charge in [-0.2, -0.15) is 18.4 Å². The van der Waals surface area contributed by atoms with Crippen molar-refractivity contribution in [2.45, 2.75) is 56.8 Å². The SMILES string of the molecule is CC(C)(C)C[C@@H]1N[C@@H](C(=O)O)[C@H](c2cccc(F)c2F)[C@@]1(C#N)c1ccc(Cl)cc1F.O=C(O)C(F)(F)F. The second-order valence-corrected chi connectivity index (χ2v) is 10.3. The molecule has 38 heavy (non-hydrogen) atoms. The molecule has 13 heteroatoms. The number of benzene rings is 2. The summed E-state index contributed by atoms with van der Waals surface area (Å²) in [4.78, 5) is 21.1. The third kappa shape index (κ3) is 6.39. The van der Waals surface area contributed by atoms with Crippen LogP contribution in [-0.2, 0) is 15.0 Å². The molecular formula is C25H23ClF6N2O4. The Morgan fingerprint density at radius 3 is 2.11 bits per heavy atom. The minimum absolute atomic E-state index is 0.0935. The summed E-state index contributed by atoms with van der Waals surface area (Å²) in [5.41, 5.74) is -2.63. The molecule has 0 radical (unpaired) electrons. The Morgan fingerprint density at radius 2 is 1.66 bits per heavy atom. The Labute approximate surface area is 218 Å². The highest BCUT2D eigenvalue weighted by Crippen LogP contribution is 2.52. The normalized spacial score (nSPS) is 23.2. The van der Waals surface area contributed by atoms with Crippen molar-refractivity contribution in [2.75, 3.05) is 0 Å². The summed E-state index contributed by atoms with van der Waals surface area (Å²) in [5, 5.41) is 30.5. The van der Waals surface area contributed by atoms with Crippen LogP contribution >= 0.6 is 11.6 Å². The number of nitrogens with one attached hydrogen (secondary N) is 1. The molecule has 3 rings (SSSR count). The predicted octanol–water partition coefficient (Wildman–Crippen LogP) is 5.80. The lowest BCUT2D eigenvalue weighted by Gasteiger charge is -2.37. The number of aliphatic carboxylic acids is 2. The maximum Gasteiger partial charge on any atom is 0.490 e. The number of nitrogens with zero attached hydrogens (tertiary/aromatic N) is 1. The second-order valence-electron chi connectivity index (χ2n) is 9.83. The summed E-state index contributed by atoms with van der Waals surface area (Å²) in [6.45, 7) is 5.67. The number of alkyl halides is 3. The standard InChI is InChI=1S/C23H22ClF3N2O2.C2HF3O2/c1-22(2,3)10-17-23(11-28,14-8-7-12(24)9-16(14)26)18(20(29-17)21(30)31)13-5-4-6-15(25)19(13)27;3-2(4,5)1(6)7/h4-9,17-18,20,29H,10H2,1-3H3,(H,30,31);(H,6,7)/t17-,18-,20+,23-;/m0./s1. The second kappa shape index (κ2) is 11.2. The van der Waals surface area contributed by atoms with Gasteiger partial charge in [0.2, 0.25) is 0 Å². The van der Waals surface area contributed by atoms with E-state index in [0.717, 1.165) is 12.1 Å². The Kier molecular flexibility index (Phi) is 9.12. The lowest BCUT2D eigenvalue weighted by atomic mass is 9.62. The predicted molar refractivity (Wildman–Crippen MR) is 124 cm³/mol. The van der Waals surface area contributed by atoms with E-state index in [9.17, 15) is 37.1 Å². The first-order valence-electron chi connectivity index (χ1n) is 11.0. The molecule has 1 fully saturated rings. The fourth-order valence-corrected chi connectivity index (χ4v) is 4.70. The highest BCUT2D eigenvalue weighted by atomic mass is 35.5. The van der Waals surface area contributed by atoms with Crippen LogP contribution in [-0.4, -0.2) is 40.4 Å². The summed E-state index contributed by atoms with van der Waals surface area (Å²) in [5.74, 6) is -8.75. The molecule has 0 bridgehead atoms. The quantitative estimate of drug-likeness (QED) is 0.405. The van der Waals surface area contributed by atoms with Gasteiger partial charge >= 0.3 is 18.1 Å². The van der Waals surface area contributed by atoms with Crippen molar-refractivity contribution in [1.29, 1.82) is 5.26 Å². The minimum atomic E-state index is -5.08. The van der Waals surface area contributed by atoms with Gasteiger partial charge in [-0.3, -0.25) is 10.1 Å². The molecule has 1 heterocycles. The van der Waals surface area contributed by atoms with Gasteiger partial charge in [-0.25, -0.2) is 18.0 Å². The van der Waals surface area contributed by atoms with E-state index >= 15 is 4.39 Å². The molecule has 1 aliphatic heterocycles. The van der Waals surface area contributed by atoms with Crippen molar-refractivity contribution < 1.29 is 46.1 Å². The van der Waals surface area contributed by atoms with Crippen molar-refractivity contribution in [3.05, 3.63) is 70.0 Å². The number of rotatable bonds is 4. The Hall–Kier alpha value is -3.30. The molecular weight excluding hydrogens is 542 g/mol. The van der Waals surface area contributed by atoms with Crippen LogP contribution in [0.3, 0.4) is 0 Å². The summed E-state index contributed by atoms with van der Waals surface area (Å²) in [6, 6.07) is 6.91. The fraction of sp³-hybridized carbons (Fsp3) is 0.400. The zero-order valence-electron chi connectivity index (χ0n) is 20.2. The number of hydrogen-bond donors (Lipinski definition) is 3. The molecule has 0 spiro atoms. The van der Waals surface area contributed by atoms with Crippen LogP contribution in [0.15, 0.2) is 36.4 Å². The molecule has 2 aromatic carbocycles. The highest BCUT2D eigenvalue weighted by molar-refractivity contribution is 6.30. The molecule has 1 aliphatic rings. The smallest absolute Gasteiger partial charge is 0.480 e. The first-order valence-corrected chi connectivity index (χ1v) is 11.3. The lowest BCUT2D eigenvalue weighted by molar-refractivity contribution is -0.192. The van der Waals surface area contributed by atoms with Gasteiger partial charge in [0.05, 0.1) is 6.07 Å². The molecule has 0 aliphatic carbocycles. The molecule has 3 N–H and O–H groups in total. The molecule has 1 saturated heterocycles. The molecule has 0 aromatic heterocycles. The molecule has 206 valence electrons. The van der Waals surface area contributed by atoms with Crippen molar-refractivity contribution in [3.63, 3.8) is 0 Å². The van der Waals surface area contributed by atoms with Gasteiger partial charge in [0.1, 0.15) is 17.3 Å². The largest absolute Gasteiger partial charge is 0.490 e. The van der Waals surface area contributed by atoms with Gasteiger partial charge in [-0.15, -0.1) is 0 Å². The van der Waals surface area contributed by atoms with Gasteiger partial charge < -0.3 is 10.2 Å². The average molecular weight is 565 g/mol. The minimum Gasteiger partial charge on any atom is -0.480 e. The van der Waals surface area contributed by atoms with Crippen molar-refractivity contribution in [1.82, 2.24) is 5.32 Å². The molecule has 0 saturated carbocycles. The maximum atomic E-state index is 15.2. The zero-order valence-corrected chi connectivity index (χ0v) is 21.0. The molecule has 0 unspecified atom stereocenters. The lowest BCUT2D eigenvalue weighted by Crippen LogP contribution is -2.44. The van der Waals surface area contributed by atoms with E-state index in [0.29, 0.717) is 0 Å². The van der Waals surface area contributed by atoms with E-state index in [-0.39, 0.29) is 28.0 Å². The van der Waals surface area contributed by atoms with Crippen LogP contribution in [0.2, 0.25) is 5.02 Å². The number of halogens is 7. The first kappa shape index (κ1) is 30.9. The summed E-state index contributed by atoms with van der Waals surface area (Å²) in [7, 11) is 0. The summed E-state index contributed by atoms with van der Waals surface area (Å²) in [6.07, 6.45) is -4.81. The Bertz CT molecular complexity index is 1260. The van der Waals surface area contributed by atoms with Crippen LogP contribution in [0.1, 0.15) is 44.2 Å². The van der Waals surface area contributed by atoms with Crippen molar-refractivity contribution in [3.8, 4) is 6.07 Å². The third-order valence-electron chi connectivity index (χ3n) is 5.96. The zero-order chi connectivity index (χ0) is 29.2. The Morgan fingerprint density at radius 1 is 1.08 bits per heavy atom. The van der Waals surface area contributed by atoms with E-state index < -0.39 is 59.0 Å². The van der Waals surface area contributed by atoms with Gasteiger partial charge in [-0.1, -0.05) is 50.6 Å². The monoisotopic (exact) mass is 564 g/mol. The number of carboxylic acid groups (broad SMARTS) is 2. The van der Waals surface area contributed by atoms with Crippen LogP contribution in [0.25, 0.3) is 0 Å². The van der Waals surface area contributed by atoms with Crippen LogP contribution in [0.5, 0.6) is 0 Å². The highest BCUT2D eigenvalue weighted by Gasteiger charge is 2.61. The molecule has 2 aromatic rings. The van der Waals surface area contributed by atoms with Crippen LogP contribution in [0.4, 0.5) is 26.3 Å². The van der Waals surface area contributed by atoms with E-state index in [1.807, 2.05) is 20.8 Å². The Balaban J connectivity index is 0.000000638. The van der Waals surface area contributed by atoms with Crippen LogP contribution < -0.4 is 5.32 Å². The van der Waals surface area contributed by atoms with E-state index in [4.69, 9.17) is 21.5 Å². The van der Waals surface area contributed by atoms with E-state index in [2.05, 4.69) is 11.4 Å². The number of carboxylic acids is 2. The van der Waals surface area contributed by atoms with Gasteiger partial charge in [0, 0.05) is 22.5 Å². The number of nitriles is 1. The molecule has 4 atom stereocenters. The van der Waals surface area contributed by atoms with E-state index in [1.54, 1.807) is 0 Å². The number of carbonyl (C=O) groups is 2. The molecule has 0 amide bonds. The average Bonchev–Trinajstić information content (AvgIpc) is 3.08. The van der Waals surface area contributed by atoms with Gasteiger partial charge in [0.15, 0.2) is 11.6 Å². The topological polar surface area (TPSA) is 110 Å².